The number of nitrogens with one attached hydrogen (secondary N) is 1. The quantitative estimate of drug-likeness (QED) is 0.741. The zero-order valence-electron chi connectivity index (χ0n) is 11.4. The van der Waals surface area contributed by atoms with Crippen LogP contribution in [0.1, 0.15) is 18.4 Å². The van der Waals surface area contributed by atoms with Gasteiger partial charge in [-0.25, -0.2) is 0 Å². The van der Waals surface area contributed by atoms with Crippen molar-refractivity contribution in [3.8, 4) is 11.5 Å². The normalized spacial score (nSPS) is 10.1. The van der Waals surface area contributed by atoms with E-state index in [0.29, 0.717) is 25.8 Å². The summed E-state index contributed by atoms with van der Waals surface area (Å²) in [6.07, 6.45) is 1.52. The molecule has 2 N–H and O–H groups in total. The highest BCUT2D eigenvalue weighted by molar-refractivity contribution is 5.75. The molecule has 0 unspecified atom stereocenters. The minimum atomic E-state index is -0.0455. The van der Waals surface area contributed by atoms with Gasteiger partial charge in [-0.1, -0.05) is 0 Å². The lowest BCUT2D eigenvalue weighted by Gasteiger charge is -2.11. The highest BCUT2D eigenvalue weighted by atomic mass is 16.5. The smallest absolute Gasteiger partial charge is 0.220 e. The molecule has 0 bridgehead atoms. The fraction of sp³-hybridized carbons (Fsp3) is 0.500. The van der Waals surface area contributed by atoms with Crippen LogP contribution < -0.4 is 14.8 Å². The molecular formula is C14H21NO4. The number of carbonyl (C=O) groups is 1. The van der Waals surface area contributed by atoms with E-state index in [1.807, 2.05) is 18.2 Å². The van der Waals surface area contributed by atoms with E-state index in [2.05, 4.69) is 5.32 Å². The molecule has 0 aliphatic carbocycles. The van der Waals surface area contributed by atoms with Gasteiger partial charge in [0.25, 0.3) is 0 Å². The van der Waals surface area contributed by atoms with E-state index in [1.54, 1.807) is 14.2 Å². The highest BCUT2D eigenvalue weighted by Gasteiger charge is 2.06. The SMILES string of the molecule is COc1ccc(OC)c(CCNC(=O)CCCO)c1. The lowest BCUT2D eigenvalue weighted by atomic mass is 10.1. The lowest BCUT2D eigenvalue weighted by molar-refractivity contribution is -0.121. The predicted octanol–water partition coefficient (Wildman–Crippen LogP) is 1.13. The van der Waals surface area contributed by atoms with E-state index in [4.69, 9.17) is 14.6 Å². The number of benzene rings is 1. The van der Waals surface area contributed by atoms with Gasteiger partial charge >= 0.3 is 0 Å². The Morgan fingerprint density at radius 1 is 1.32 bits per heavy atom. The average Bonchev–Trinajstić information content (AvgIpc) is 2.44. The summed E-state index contributed by atoms with van der Waals surface area (Å²) < 4.78 is 10.4. The van der Waals surface area contributed by atoms with E-state index >= 15 is 0 Å². The van der Waals surface area contributed by atoms with Crippen LogP contribution in [-0.2, 0) is 11.2 Å². The molecule has 0 radical (unpaired) electrons. The van der Waals surface area contributed by atoms with Gasteiger partial charge in [0.15, 0.2) is 0 Å². The van der Waals surface area contributed by atoms with Crippen LogP contribution in [-0.4, -0.2) is 38.4 Å². The predicted molar refractivity (Wildman–Crippen MR) is 72.6 cm³/mol. The number of aliphatic hydroxyl groups excluding tert-OH is 1. The number of hydrogen-bond acceptors (Lipinski definition) is 4. The van der Waals surface area contributed by atoms with Crippen LogP contribution in [0.5, 0.6) is 11.5 Å². The summed E-state index contributed by atoms with van der Waals surface area (Å²) in [6.45, 7) is 0.574. The summed E-state index contributed by atoms with van der Waals surface area (Å²) in [5.74, 6) is 1.50. The molecule has 19 heavy (non-hydrogen) atoms. The standard InChI is InChI=1S/C14H21NO4/c1-18-12-5-6-13(19-2)11(10-12)7-8-15-14(17)4-3-9-16/h5-6,10,16H,3-4,7-9H2,1-2H3,(H,15,17). The summed E-state index contributed by atoms with van der Waals surface area (Å²) in [6, 6.07) is 5.59. The lowest BCUT2D eigenvalue weighted by Crippen LogP contribution is -2.25. The number of carbonyl (C=O) groups excluding carboxylic acids is 1. The maximum atomic E-state index is 11.4. The second-order valence-corrected chi connectivity index (χ2v) is 4.10. The Balaban J connectivity index is 2.49. The first-order valence-electron chi connectivity index (χ1n) is 6.29. The second kappa shape index (κ2) is 8.37. The first kappa shape index (κ1) is 15.3. The fourth-order valence-corrected chi connectivity index (χ4v) is 1.74. The average molecular weight is 267 g/mol. The molecule has 0 saturated carbocycles. The maximum Gasteiger partial charge on any atom is 0.220 e. The summed E-state index contributed by atoms with van der Waals surface area (Å²) in [5, 5.41) is 11.4. The molecule has 1 aromatic rings. The number of hydrogen-bond donors (Lipinski definition) is 2. The molecule has 0 aliphatic rings. The molecule has 0 saturated heterocycles. The summed E-state index contributed by atoms with van der Waals surface area (Å²) in [7, 11) is 3.23. The third-order valence-corrected chi connectivity index (χ3v) is 2.77. The van der Waals surface area contributed by atoms with Gasteiger partial charge in [0.2, 0.25) is 5.91 Å². The Labute approximate surface area is 113 Å². The summed E-state index contributed by atoms with van der Waals surface area (Å²) in [4.78, 5) is 11.4. The minimum Gasteiger partial charge on any atom is -0.497 e. The third-order valence-electron chi connectivity index (χ3n) is 2.77. The van der Waals surface area contributed by atoms with E-state index in [-0.39, 0.29) is 12.5 Å². The van der Waals surface area contributed by atoms with Gasteiger partial charge in [-0.2, -0.15) is 0 Å². The Kier molecular flexibility index (Phi) is 6.74. The molecule has 5 heteroatoms. The van der Waals surface area contributed by atoms with Gasteiger partial charge in [0.1, 0.15) is 11.5 Å². The number of rotatable bonds is 8. The van der Waals surface area contributed by atoms with Crippen molar-refractivity contribution in [2.24, 2.45) is 0 Å². The molecule has 1 aromatic carbocycles. The number of ether oxygens (including phenoxy) is 2. The molecule has 1 rings (SSSR count). The van der Waals surface area contributed by atoms with Crippen LogP contribution >= 0.6 is 0 Å². The minimum absolute atomic E-state index is 0.0388. The molecule has 0 fully saturated rings. The van der Waals surface area contributed by atoms with Crippen LogP contribution in [0.15, 0.2) is 18.2 Å². The van der Waals surface area contributed by atoms with Crippen molar-refractivity contribution < 1.29 is 19.4 Å². The van der Waals surface area contributed by atoms with Crippen molar-refractivity contribution in [2.45, 2.75) is 19.3 Å². The largest absolute Gasteiger partial charge is 0.497 e. The second-order valence-electron chi connectivity index (χ2n) is 4.10. The molecule has 5 nitrogen and oxygen atoms in total. The van der Waals surface area contributed by atoms with Gasteiger partial charge in [-0.05, 0) is 36.6 Å². The van der Waals surface area contributed by atoms with Gasteiger partial charge < -0.3 is 19.9 Å². The van der Waals surface area contributed by atoms with Crippen LogP contribution in [0.3, 0.4) is 0 Å². The summed E-state index contributed by atoms with van der Waals surface area (Å²) >= 11 is 0. The van der Waals surface area contributed by atoms with Crippen LogP contribution in [0.4, 0.5) is 0 Å². The van der Waals surface area contributed by atoms with Crippen molar-refractivity contribution >= 4 is 5.91 Å². The maximum absolute atomic E-state index is 11.4. The van der Waals surface area contributed by atoms with Crippen LogP contribution in [0.25, 0.3) is 0 Å². The monoisotopic (exact) mass is 267 g/mol. The van der Waals surface area contributed by atoms with Crippen molar-refractivity contribution in [1.29, 1.82) is 0 Å². The fourth-order valence-electron chi connectivity index (χ4n) is 1.74. The molecule has 0 aromatic heterocycles. The zero-order chi connectivity index (χ0) is 14.1. The van der Waals surface area contributed by atoms with Crippen molar-refractivity contribution in [2.75, 3.05) is 27.4 Å². The van der Waals surface area contributed by atoms with E-state index in [9.17, 15) is 4.79 Å². The van der Waals surface area contributed by atoms with Gasteiger partial charge in [0, 0.05) is 19.6 Å². The van der Waals surface area contributed by atoms with Gasteiger partial charge in [0.05, 0.1) is 14.2 Å². The van der Waals surface area contributed by atoms with Gasteiger partial charge in [-0.3, -0.25) is 4.79 Å². The number of aliphatic hydroxyl groups is 1. The highest BCUT2D eigenvalue weighted by Crippen LogP contribution is 2.24. The summed E-state index contributed by atoms with van der Waals surface area (Å²) in [5.41, 5.74) is 0.990. The molecule has 0 aliphatic heterocycles. The van der Waals surface area contributed by atoms with Gasteiger partial charge in [-0.15, -0.1) is 0 Å². The van der Waals surface area contributed by atoms with Crippen LogP contribution in [0.2, 0.25) is 0 Å². The Hall–Kier alpha value is -1.75. The van der Waals surface area contributed by atoms with Crippen molar-refractivity contribution in [3.05, 3.63) is 23.8 Å². The Bertz CT molecular complexity index is 406. The van der Waals surface area contributed by atoms with Crippen molar-refractivity contribution in [1.82, 2.24) is 5.32 Å². The molecular weight excluding hydrogens is 246 g/mol. The van der Waals surface area contributed by atoms with E-state index in [0.717, 1.165) is 17.1 Å². The van der Waals surface area contributed by atoms with Crippen LogP contribution in [0, 0.1) is 0 Å². The van der Waals surface area contributed by atoms with E-state index in [1.165, 1.54) is 0 Å². The molecule has 0 atom stereocenters. The molecule has 106 valence electrons. The Morgan fingerprint density at radius 2 is 2.11 bits per heavy atom. The number of amides is 1. The molecule has 0 heterocycles. The third kappa shape index (κ3) is 5.18. The first-order valence-corrected chi connectivity index (χ1v) is 6.29. The topological polar surface area (TPSA) is 67.8 Å². The zero-order valence-corrected chi connectivity index (χ0v) is 11.4. The van der Waals surface area contributed by atoms with E-state index < -0.39 is 0 Å². The molecule has 1 amide bonds. The Morgan fingerprint density at radius 3 is 2.74 bits per heavy atom. The first-order chi connectivity index (χ1) is 9.21. The number of methoxy groups -OCH3 is 2. The molecule has 0 spiro atoms. The van der Waals surface area contributed by atoms with Crippen molar-refractivity contribution in [3.63, 3.8) is 0 Å².